The van der Waals surface area contributed by atoms with Gasteiger partial charge >= 0.3 is 12.1 Å². The number of nitrogens with zero attached hydrogens (tertiary/aromatic N) is 1. The molecule has 41 heavy (non-hydrogen) atoms. The van der Waals surface area contributed by atoms with Gasteiger partial charge in [0.15, 0.2) is 0 Å². The molecule has 2 N–H and O–H groups in total. The summed E-state index contributed by atoms with van der Waals surface area (Å²) in [5.41, 5.74) is 1.39. The quantitative estimate of drug-likeness (QED) is 0.364. The van der Waals surface area contributed by atoms with Crippen LogP contribution in [0.2, 0.25) is 10.0 Å². The first-order valence-electron chi connectivity index (χ1n) is 13.5. The maximum absolute atomic E-state index is 13.5. The van der Waals surface area contributed by atoms with E-state index in [0.29, 0.717) is 11.4 Å². The van der Waals surface area contributed by atoms with Gasteiger partial charge in [-0.25, -0.2) is 9.59 Å². The fourth-order valence-electron chi connectivity index (χ4n) is 5.30. The predicted molar refractivity (Wildman–Crippen MR) is 159 cm³/mol. The molecule has 1 saturated heterocycles. The van der Waals surface area contributed by atoms with Gasteiger partial charge in [-0.2, -0.15) is 0 Å². The van der Waals surface area contributed by atoms with E-state index in [-0.39, 0.29) is 28.6 Å². The lowest BCUT2D eigenvalue weighted by molar-refractivity contribution is -0.145. The molecule has 9 nitrogen and oxygen atoms in total. The number of hydrogen-bond donors (Lipinski definition) is 2. The lowest BCUT2D eigenvalue weighted by Crippen LogP contribution is -2.57. The first-order valence-corrected chi connectivity index (χ1v) is 15.3. The molecule has 0 radical (unpaired) electrons. The average Bonchev–Trinajstić information content (AvgIpc) is 3.31. The number of methoxy groups -OCH3 is 1. The second-order valence-electron chi connectivity index (χ2n) is 9.94. The Morgan fingerprint density at radius 1 is 1.05 bits per heavy atom. The summed E-state index contributed by atoms with van der Waals surface area (Å²) in [7, 11) is 1.26. The van der Waals surface area contributed by atoms with Crippen molar-refractivity contribution in [2.24, 2.45) is 0 Å². The predicted octanol–water partition coefficient (Wildman–Crippen LogP) is 5.68. The lowest BCUT2D eigenvalue weighted by Gasteiger charge is -2.41. The number of esters is 1. The van der Waals surface area contributed by atoms with Crippen molar-refractivity contribution in [3.8, 4) is 0 Å². The molecule has 1 heterocycles. The van der Waals surface area contributed by atoms with E-state index in [1.807, 2.05) is 0 Å². The number of hydrogen-bond acceptors (Lipinski definition) is 7. The zero-order chi connectivity index (χ0) is 29.6. The molecule has 1 saturated carbocycles. The number of benzene rings is 2. The lowest BCUT2D eigenvalue weighted by atomic mass is 9.92. The molecule has 1 spiro atoms. The van der Waals surface area contributed by atoms with Gasteiger partial charge in [-0.1, -0.05) is 60.7 Å². The molecule has 2 atom stereocenters. The third-order valence-corrected chi connectivity index (χ3v) is 9.56. The molecule has 4 rings (SSSR count). The largest absolute Gasteiger partial charge is 0.467 e. The Balaban J connectivity index is 1.45. The molecule has 0 aromatic heterocycles. The Morgan fingerprint density at radius 3 is 2.32 bits per heavy atom. The topological polar surface area (TPSA) is 114 Å². The van der Waals surface area contributed by atoms with E-state index >= 15 is 0 Å². The number of rotatable bonds is 8. The van der Waals surface area contributed by atoms with Crippen molar-refractivity contribution in [1.29, 1.82) is 0 Å². The van der Waals surface area contributed by atoms with Gasteiger partial charge in [-0.3, -0.25) is 14.5 Å². The zero-order valence-electron chi connectivity index (χ0n) is 22.9. The number of nitrogens with one attached hydrogen (secondary N) is 2. The van der Waals surface area contributed by atoms with Crippen LogP contribution >= 0.6 is 35.0 Å². The van der Waals surface area contributed by atoms with E-state index in [2.05, 4.69) is 10.6 Å². The van der Waals surface area contributed by atoms with Crippen molar-refractivity contribution >= 4 is 64.5 Å². The summed E-state index contributed by atoms with van der Waals surface area (Å²) in [5.74, 6) is -1.07. The molecule has 2 aromatic rings. The molecule has 3 amide bonds. The maximum atomic E-state index is 13.5. The fourth-order valence-corrected chi connectivity index (χ4v) is 7.56. The van der Waals surface area contributed by atoms with Crippen LogP contribution in [0.1, 0.15) is 54.9 Å². The third-order valence-electron chi connectivity index (χ3n) is 7.31. The summed E-state index contributed by atoms with van der Waals surface area (Å²) >= 11 is 13.9. The van der Waals surface area contributed by atoms with Crippen LogP contribution in [-0.4, -0.2) is 65.2 Å². The highest BCUT2D eigenvalue weighted by molar-refractivity contribution is 8.01. The summed E-state index contributed by atoms with van der Waals surface area (Å²) in [6.45, 7) is 1.94. The SMILES string of the molecule is CCOC(=O)N1C(C(=O)NC(Cc2ccc(NC(=O)c3c(Cl)cccc3Cl)cc2)C(=O)OC)CSC12CCCCC2. The van der Waals surface area contributed by atoms with Crippen molar-refractivity contribution in [3.05, 3.63) is 63.6 Å². The molecule has 2 unspecified atom stereocenters. The third kappa shape index (κ3) is 7.10. The molecule has 0 bridgehead atoms. The van der Waals surface area contributed by atoms with Crippen LogP contribution in [0.5, 0.6) is 0 Å². The number of anilines is 1. The molecule has 220 valence electrons. The molecule has 1 aliphatic carbocycles. The van der Waals surface area contributed by atoms with Gasteiger partial charge in [0, 0.05) is 17.9 Å². The summed E-state index contributed by atoms with van der Waals surface area (Å²) < 4.78 is 10.3. The fraction of sp³-hybridized carbons (Fsp3) is 0.448. The Labute approximate surface area is 253 Å². The van der Waals surface area contributed by atoms with E-state index in [1.54, 1.807) is 66.1 Å². The number of amides is 3. The zero-order valence-corrected chi connectivity index (χ0v) is 25.2. The monoisotopic (exact) mass is 621 g/mol. The molecule has 2 aromatic carbocycles. The van der Waals surface area contributed by atoms with E-state index in [9.17, 15) is 19.2 Å². The highest BCUT2D eigenvalue weighted by atomic mass is 35.5. The van der Waals surface area contributed by atoms with Crippen molar-refractivity contribution in [3.63, 3.8) is 0 Å². The van der Waals surface area contributed by atoms with E-state index in [1.165, 1.54) is 7.11 Å². The average molecular weight is 623 g/mol. The highest BCUT2D eigenvalue weighted by Gasteiger charge is 2.53. The van der Waals surface area contributed by atoms with E-state index < -0.39 is 40.8 Å². The number of ether oxygens (including phenoxy) is 2. The van der Waals surface area contributed by atoms with Gasteiger partial charge in [0.25, 0.3) is 5.91 Å². The summed E-state index contributed by atoms with van der Waals surface area (Å²) in [4.78, 5) is 53.0. The van der Waals surface area contributed by atoms with Crippen molar-refractivity contribution in [1.82, 2.24) is 10.2 Å². The normalized spacial score (nSPS) is 18.4. The first kappa shape index (κ1) is 31.0. The van der Waals surface area contributed by atoms with Crippen LogP contribution in [0.3, 0.4) is 0 Å². The second-order valence-corrected chi connectivity index (χ2v) is 12.1. The van der Waals surface area contributed by atoms with Gasteiger partial charge in [0.2, 0.25) is 5.91 Å². The van der Waals surface area contributed by atoms with E-state index in [0.717, 1.165) is 37.7 Å². The Kier molecular flexibility index (Phi) is 10.4. The summed E-state index contributed by atoms with van der Waals surface area (Å²) in [5, 5.41) is 6.04. The minimum atomic E-state index is -0.980. The van der Waals surface area contributed by atoms with Crippen molar-refractivity contribution in [2.45, 2.75) is 62.4 Å². The first-order chi connectivity index (χ1) is 19.7. The van der Waals surface area contributed by atoms with Gasteiger partial charge in [0.1, 0.15) is 12.1 Å². The van der Waals surface area contributed by atoms with Gasteiger partial charge < -0.3 is 20.1 Å². The summed E-state index contributed by atoms with van der Waals surface area (Å²) in [6, 6.07) is 9.90. The number of halogens is 2. The van der Waals surface area contributed by atoms with Gasteiger partial charge in [0.05, 0.1) is 34.2 Å². The minimum Gasteiger partial charge on any atom is -0.467 e. The molecule has 2 fully saturated rings. The molecular weight excluding hydrogens is 589 g/mol. The van der Waals surface area contributed by atoms with Crippen molar-refractivity contribution < 1.29 is 28.7 Å². The highest BCUT2D eigenvalue weighted by Crippen LogP contribution is 2.49. The Bertz CT molecular complexity index is 1270. The minimum absolute atomic E-state index is 0.146. The molecule has 12 heteroatoms. The van der Waals surface area contributed by atoms with Crippen LogP contribution in [0.25, 0.3) is 0 Å². The Hall–Kier alpha value is -2.95. The second kappa shape index (κ2) is 13.8. The number of thioether (sulfide) groups is 1. The molecular formula is C29H33Cl2N3O6S. The standard InChI is InChI=1S/C29H33Cl2N3O6S/c1-3-40-28(38)34-23(17-41-29(34)14-5-4-6-15-29)25(35)33-22(27(37)39-2)16-18-10-12-19(13-11-18)32-26(36)24-20(30)8-7-9-21(24)31/h7-13,22-23H,3-6,14-17H2,1-2H3,(H,32,36)(H,33,35). The van der Waals surface area contributed by atoms with Crippen LogP contribution in [0.15, 0.2) is 42.5 Å². The van der Waals surface area contributed by atoms with Crippen LogP contribution in [0.4, 0.5) is 10.5 Å². The smallest absolute Gasteiger partial charge is 0.411 e. The van der Waals surface area contributed by atoms with Gasteiger partial charge in [-0.15, -0.1) is 11.8 Å². The number of carbonyl (C=O) groups is 4. The van der Waals surface area contributed by atoms with Crippen LogP contribution < -0.4 is 10.6 Å². The summed E-state index contributed by atoms with van der Waals surface area (Å²) in [6.07, 6.45) is 4.28. The van der Waals surface area contributed by atoms with Gasteiger partial charge in [-0.05, 0) is 49.6 Å². The van der Waals surface area contributed by atoms with Crippen molar-refractivity contribution in [2.75, 3.05) is 24.8 Å². The Morgan fingerprint density at radius 2 is 1.71 bits per heavy atom. The maximum Gasteiger partial charge on any atom is 0.411 e. The van der Waals surface area contributed by atoms with Crippen LogP contribution in [-0.2, 0) is 25.5 Å². The molecule has 2 aliphatic rings. The van der Waals surface area contributed by atoms with E-state index in [4.69, 9.17) is 32.7 Å². The van der Waals surface area contributed by atoms with Crippen LogP contribution in [0, 0.1) is 0 Å². The number of carbonyl (C=O) groups excluding carboxylic acids is 4. The molecule has 1 aliphatic heterocycles.